The summed E-state index contributed by atoms with van der Waals surface area (Å²) in [5.74, 6) is 0.217. The van der Waals surface area contributed by atoms with Crippen LogP contribution in [0.5, 0.6) is 0 Å². The van der Waals surface area contributed by atoms with E-state index in [-0.39, 0.29) is 17.0 Å². The molecule has 3 nitrogen and oxygen atoms in total. The molecule has 0 unspecified atom stereocenters. The van der Waals surface area contributed by atoms with Gasteiger partial charge in [0.15, 0.2) is 5.78 Å². The third-order valence-corrected chi connectivity index (χ3v) is 3.26. The number of aliphatic hydroxyl groups excluding tert-OH is 1. The quantitative estimate of drug-likeness (QED) is 0.576. The van der Waals surface area contributed by atoms with Crippen LogP contribution < -0.4 is 0 Å². The summed E-state index contributed by atoms with van der Waals surface area (Å²) in [5, 5.41) is 9.88. The lowest BCUT2D eigenvalue weighted by molar-refractivity contribution is -0.117. The molecule has 0 aromatic rings. The zero-order chi connectivity index (χ0) is 13.6. The maximum atomic E-state index is 11.9. The molecule has 102 valence electrons. The average Bonchev–Trinajstić information content (AvgIpc) is 2.24. The van der Waals surface area contributed by atoms with Gasteiger partial charge in [-0.15, -0.1) is 0 Å². The Hall–Kier alpha value is -1.12. The van der Waals surface area contributed by atoms with Crippen LogP contribution in [0.4, 0.5) is 0 Å². The Morgan fingerprint density at radius 1 is 1.28 bits per heavy atom. The van der Waals surface area contributed by atoms with Crippen molar-refractivity contribution in [2.24, 2.45) is 10.4 Å². The molecule has 1 rings (SSSR count). The predicted octanol–water partition coefficient (Wildman–Crippen LogP) is 3.84. The molecule has 1 aliphatic carbocycles. The molecule has 3 heteroatoms. The number of hydrogen-bond acceptors (Lipinski definition) is 3. The van der Waals surface area contributed by atoms with Crippen LogP contribution in [-0.2, 0) is 4.79 Å². The van der Waals surface area contributed by atoms with Crippen LogP contribution in [0.2, 0.25) is 0 Å². The summed E-state index contributed by atoms with van der Waals surface area (Å²) in [6.07, 6.45) is 7.31. The van der Waals surface area contributed by atoms with Crippen molar-refractivity contribution in [1.82, 2.24) is 0 Å². The molecule has 0 spiro atoms. The molecule has 0 fully saturated rings. The molecule has 0 saturated heterocycles. The Morgan fingerprint density at radius 3 is 2.61 bits per heavy atom. The molecule has 0 aliphatic heterocycles. The van der Waals surface area contributed by atoms with Crippen LogP contribution in [0.1, 0.15) is 59.3 Å². The normalized spacial score (nSPS) is 19.8. The Kier molecular flexibility index (Phi) is 5.57. The van der Waals surface area contributed by atoms with Crippen molar-refractivity contribution in [3.05, 3.63) is 11.3 Å². The van der Waals surface area contributed by atoms with E-state index < -0.39 is 0 Å². The minimum absolute atomic E-state index is 0.0149. The van der Waals surface area contributed by atoms with E-state index in [0.29, 0.717) is 18.4 Å². The lowest BCUT2D eigenvalue weighted by Crippen LogP contribution is -2.26. The SMILES string of the molecule is CCCCCCN=CC1=C(O)CC(C)(C)CC1=O. The van der Waals surface area contributed by atoms with Gasteiger partial charge in [0.25, 0.3) is 0 Å². The van der Waals surface area contributed by atoms with Gasteiger partial charge >= 0.3 is 0 Å². The first kappa shape index (κ1) is 14.9. The second-order valence-electron chi connectivity index (χ2n) is 5.90. The van der Waals surface area contributed by atoms with Crippen LogP contribution in [0.15, 0.2) is 16.3 Å². The van der Waals surface area contributed by atoms with Gasteiger partial charge in [-0.3, -0.25) is 9.79 Å². The summed E-state index contributed by atoms with van der Waals surface area (Å²) in [4.78, 5) is 16.1. The van der Waals surface area contributed by atoms with Crippen molar-refractivity contribution in [2.45, 2.75) is 59.3 Å². The fourth-order valence-electron chi connectivity index (χ4n) is 2.23. The predicted molar refractivity (Wildman–Crippen MR) is 75.2 cm³/mol. The van der Waals surface area contributed by atoms with Crippen molar-refractivity contribution < 1.29 is 9.90 Å². The van der Waals surface area contributed by atoms with Crippen LogP contribution >= 0.6 is 0 Å². The zero-order valence-electron chi connectivity index (χ0n) is 11.8. The molecule has 0 amide bonds. The van der Waals surface area contributed by atoms with E-state index in [0.717, 1.165) is 13.0 Å². The summed E-state index contributed by atoms with van der Waals surface area (Å²) < 4.78 is 0. The molecule has 0 heterocycles. The number of allylic oxidation sites excluding steroid dienone is 2. The monoisotopic (exact) mass is 251 g/mol. The van der Waals surface area contributed by atoms with Gasteiger partial charge in [0.1, 0.15) is 5.76 Å². The van der Waals surface area contributed by atoms with E-state index in [1.54, 1.807) is 6.21 Å². The highest BCUT2D eigenvalue weighted by Crippen LogP contribution is 2.35. The van der Waals surface area contributed by atoms with E-state index in [9.17, 15) is 9.90 Å². The minimum atomic E-state index is -0.125. The fraction of sp³-hybridized carbons (Fsp3) is 0.733. The number of aliphatic imine (C=N–C) groups is 1. The maximum Gasteiger partial charge on any atom is 0.168 e. The highest BCUT2D eigenvalue weighted by molar-refractivity contribution is 6.14. The fourth-order valence-corrected chi connectivity index (χ4v) is 2.23. The second kappa shape index (κ2) is 6.72. The zero-order valence-corrected chi connectivity index (χ0v) is 11.8. The summed E-state index contributed by atoms with van der Waals surface area (Å²) in [7, 11) is 0. The van der Waals surface area contributed by atoms with Gasteiger partial charge in [-0.2, -0.15) is 0 Å². The van der Waals surface area contributed by atoms with Crippen LogP contribution in [0.25, 0.3) is 0 Å². The van der Waals surface area contributed by atoms with E-state index >= 15 is 0 Å². The highest BCUT2D eigenvalue weighted by atomic mass is 16.3. The van der Waals surface area contributed by atoms with Crippen LogP contribution in [0, 0.1) is 5.41 Å². The van der Waals surface area contributed by atoms with Crippen molar-refractivity contribution in [3.63, 3.8) is 0 Å². The van der Waals surface area contributed by atoms with Crippen molar-refractivity contribution >= 4 is 12.0 Å². The lowest BCUT2D eigenvalue weighted by Gasteiger charge is -2.28. The first-order chi connectivity index (χ1) is 8.46. The smallest absolute Gasteiger partial charge is 0.168 e. The van der Waals surface area contributed by atoms with Crippen molar-refractivity contribution in [3.8, 4) is 0 Å². The Bertz CT molecular complexity index is 354. The van der Waals surface area contributed by atoms with Gasteiger partial charge in [-0.25, -0.2) is 0 Å². The molecule has 18 heavy (non-hydrogen) atoms. The van der Waals surface area contributed by atoms with E-state index in [1.807, 2.05) is 13.8 Å². The number of unbranched alkanes of at least 4 members (excludes halogenated alkanes) is 3. The number of aliphatic hydroxyl groups is 1. The minimum Gasteiger partial charge on any atom is -0.511 e. The van der Waals surface area contributed by atoms with Gasteiger partial charge in [0, 0.05) is 25.6 Å². The van der Waals surface area contributed by atoms with Crippen molar-refractivity contribution in [1.29, 1.82) is 0 Å². The number of carbonyl (C=O) groups excluding carboxylic acids is 1. The number of rotatable bonds is 6. The molecule has 0 saturated carbocycles. The largest absolute Gasteiger partial charge is 0.511 e. The standard InChI is InChI=1S/C15H25NO2/c1-4-5-6-7-8-16-11-12-13(17)9-15(2,3)10-14(12)18/h11,17H,4-10H2,1-3H3. The summed E-state index contributed by atoms with van der Waals surface area (Å²) in [6.45, 7) is 6.92. The average molecular weight is 251 g/mol. The molecular weight excluding hydrogens is 226 g/mol. The van der Waals surface area contributed by atoms with Crippen LogP contribution in [-0.4, -0.2) is 23.6 Å². The van der Waals surface area contributed by atoms with Gasteiger partial charge in [0.05, 0.1) is 5.57 Å². The molecule has 0 aromatic heterocycles. The van der Waals surface area contributed by atoms with E-state index in [4.69, 9.17) is 0 Å². The Balaban J connectivity index is 2.50. The van der Waals surface area contributed by atoms with Crippen LogP contribution in [0.3, 0.4) is 0 Å². The van der Waals surface area contributed by atoms with Crippen molar-refractivity contribution in [2.75, 3.05) is 6.54 Å². The first-order valence-corrected chi connectivity index (χ1v) is 6.91. The van der Waals surface area contributed by atoms with E-state index in [2.05, 4.69) is 11.9 Å². The van der Waals surface area contributed by atoms with Gasteiger partial charge in [-0.05, 0) is 11.8 Å². The maximum absolute atomic E-state index is 11.9. The highest BCUT2D eigenvalue weighted by Gasteiger charge is 2.32. The third kappa shape index (κ3) is 4.63. The molecular formula is C15H25NO2. The molecule has 0 atom stereocenters. The number of carbonyl (C=O) groups is 1. The topological polar surface area (TPSA) is 49.7 Å². The number of ketones is 1. The van der Waals surface area contributed by atoms with Gasteiger partial charge < -0.3 is 5.11 Å². The molecule has 1 N–H and O–H groups in total. The molecule has 0 bridgehead atoms. The van der Waals surface area contributed by atoms with E-state index in [1.165, 1.54) is 19.3 Å². The summed E-state index contributed by atoms with van der Waals surface area (Å²) in [6, 6.07) is 0. The molecule has 0 aromatic carbocycles. The third-order valence-electron chi connectivity index (χ3n) is 3.26. The summed E-state index contributed by atoms with van der Waals surface area (Å²) in [5.41, 5.74) is 0.296. The Labute approximate surface area is 110 Å². The summed E-state index contributed by atoms with van der Waals surface area (Å²) >= 11 is 0. The first-order valence-electron chi connectivity index (χ1n) is 6.91. The second-order valence-corrected chi connectivity index (χ2v) is 5.90. The number of Topliss-reactive ketones (excluding diaryl/α,β-unsaturated/α-hetero) is 1. The van der Waals surface area contributed by atoms with Gasteiger partial charge in [-0.1, -0.05) is 40.0 Å². The molecule has 1 aliphatic rings. The Morgan fingerprint density at radius 2 is 2.00 bits per heavy atom. The lowest BCUT2D eigenvalue weighted by atomic mass is 9.77. The number of nitrogens with zero attached hydrogens (tertiary/aromatic N) is 1. The number of hydrogen-bond donors (Lipinski definition) is 1. The van der Waals surface area contributed by atoms with Gasteiger partial charge in [0.2, 0.25) is 0 Å². The molecule has 0 radical (unpaired) electrons.